The zero-order chi connectivity index (χ0) is 19.7. The zero-order valence-corrected chi connectivity index (χ0v) is 17.0. The van der Waals surface area contributed by atoms with E-state index in [-0.39, 0.29) is 18.6 Å². The molecular formula is C20H30BNO5. The summed E-state index contributed by atoms with van der Waals surface area (Å²) < 4.78 is 23.3. The van der Waals surface area contributed by atoms with Crippen LogP contribution in [0.15, 0.2) is 24.3 Å². The second-order valence-corrected chi connectivity index (χ2v) is 8.27. The number of hydrogen-bond donors (Lipinski definition) is 0. The van der Waals surface area contributed by atoms with Crippen LogP contribution in [0.4, 0.5) is 0 Å². The zero-order valence-electron chi connectivity index (χ0n) is 17.0. The van der Waals surface area contributed by atoms with E-state index >= 15 is 0 Å². The number of likely N-dealkylation sites (tertiary alicyclic amines) is 1. The second-order valence-electron chi connectivity index (χ2n) is 8.27. The lowest BCUT2D eigenvalue weighted by molar-refractivity contribution is -0.135. The summed E-state index contributed by atoms with van der Waals surface area (Å²) in [6.45, 7) is 9.57. The summed E-state index contributed by atoms with van der Waals surface area (Å²) in [7, 11) is 1.28. The van der Waals surface area contributed by atoms with Gasteiger partial charge in [0.15, 0.2) is 6.61 Å². The first kappa shape index (κ1) is 20.2. The Labute approximate surface area is 162 Å². The number of amides is 1. The number of piperidine rings is 1. The molecule has 0 radical (unpaired) electrons. The van der Waals surface area contributed by atoms with E-state index in [4.69, 9.17) is 18.8 Å². The molecule has 0 aliphatic carbocycles. The number of ether oxygens (including phenoxy) is 2. The van der Waals surface area contributed by atoms with E-state index in [0.29, 0.717) is 18.8 Å². The van der Waals surface area contributed by atoms with Gasteiger partial charge in [0.05, 0.1) is 17.3 Å². The standard InChI is InChI=1S/C20H30BNO5/c1-19(2)20(3,4)27-21(26-19)15-7-6-8-17(13-15)25-14-18(23)22-11-9-16(24-5)10-12-22/h6-8,13,16H,9-12,14H2,1-5H3. The van der Waals surface area contributed by atoms with Gasteiger partial charge in [0.1, 0.15) is 5.75 Å². The van der Waals surface area contributed by atoms with Crippen LogP contribution in [0.1, 0.15) is 40.5 Å². The van der Waals surface area contributed by atoms with Crippen molar-refractivity contribution < 1.29 is 23.6 Å². The maximum absolute atomic E-state index is 12.4. The fourth-order valence-corrected chi connectivity index (χ4v) is 3.31. The van der Waals surface area contributed by atoms with E-state index in [1.165, 1.54) is 0 Å². The normalized spacial score (nSPS) is 22.1. The molecule has 148 valence electrons. The van der Waals surface area contributed by atoms with Gasteiger partial charge in [-0.3, -0.25) is 4.79 Å². The summed E-state index contributed by atoms with van der Waals surface area (Å²) in [4.78, 5) is 14.2. The van der Waals surface area contributed by atoms with Crippen molar-refractivity contribution in [3.05, 3.63) is 24.3 Å². The van der Waals surface area contributed by atoms with Gasteiger partial charge >= 0.3 is 7.12 Å². The number of benzene rings is 1. The van der Waals surface area contributed by atoms with Crippen LogP contribution < -0.4 is 10.2 Å². The van der Waals surface area contributed by atoms with Crippen LogP contribution in [-0.2, 0) is 18.8 Å². The lowest BCUT2D eigenvalue weighted by atomic mass is 9.79. The minimum Gasteiger partial charge on any atom is -0.484 e. The molecule has 2 aliphatic rings. The van der Waals surface area contributed by atoms with Crippen molar-refractivity contribution in [1.29, 1.82) is 0 Å². The predicted molar refractivity (Wildman–Crippen MR) is 104 cm³/mol. The summed E-state index contributed by atoms with van der Waals surface area (Å²) >= 11 is 0. The smallest absolute Gasteiger partial charge is 0.484 e. The van der Waals surface area contributed by atoms with Gasteiger partial charge in [-0.1, -0.05) is 12.1 Å². The summed E-state index contributed by atoms with van der Waals surface area (Å²) in [6.07, 6.45) is 2.01. The Morgan fingerprint density at radius 1 is 1.19 bits per heavy atom. The molecule has 1 aromatic rings. The Balaban J connectivity index is 1.56. The van der Waals surface area contributed by atoms with E-state index in [0.717, 1.165) is 18.3 Å². The summed E-state index contributed by atoms with van der Waals surface area (Å²) in [5, 5.41) is 0. The number of hydrogen-bond acceptors (Lipinski definition) is 5. The van der Waals surface area contributed by atoms with Gasteiger partial charge in [-0.25, -0.2) is 0 Å². The third kappa shape index (κ3) is 4.47. The number of carbonyl (C=O) groups is 1. The van der Waals surface area contributed by atoms with Crippen LogP contribution >= 0.6 is 0 Å². The first-order valence-electron chi connectivity index (χ1n) is 9.61. The third-order valence-electron chi connectivity index (χ3n) is 5.87. The van der Waals surface area contributed by atoms with Gasteiger partial charge < -0.3 is 23.7 Å². The van der Waals surface area contributed by atoms with Gasteiger partial charge in [-0.2, -0.15) is 0 Å². The van der Waals surface area contributed by atoms with Gasteiger partial charge in [0.2, 0.25) is 0 Å². The van der Waals surface area contributed by atoms with Crippen molar-refractivity contribution in [2.45, 2.75) is 57.8 Å². The first-order chi connectivity index (χ1) is 12.7. The molecule has 3 rings (SSSR count). The highest BCUT2D eigenvalue weighted by Crippen LogP contribution is 2.36. The summed E-state index contributed by atoms with van der Waals surface area (Å²) in [5.41, 5.74) is 0.108. The molecule has 2 aliphatic heterocycles. The SMILES string of the molecule is COC1CCN(C(=O)COc2cccc(B3OC(C)(C)C(C)(C)O3)c2)CC1. The quantitative estimate of drug-likeness (QED) is 0.737. The van der Waals surface area contributed by atoms with Crippen molar-refractivity contribution in [2.24, 2.45) is 0 Å². The number of nitrogens with zero attached hydrogens (tertiary/aromatic N) is 1. The molecule has 2 fully saturated rings. The molecule has 2 heterocycles. The fraction of sp³-hybridized carbons (Fsp3) is 0.650. The Kier molecular flexibility index (Phi) is 5.84. The van der Waals surface area contributed by atoms with Gasteiger partial charge in [-0.15, -0.1) is 0 Å². The molecular weight excluding hydrogens is 345 g/mol. The molecule has 1 amide bonds. The molecule has 0 spiro atoms. The molecule has 0 bridgehead atoms. The Bertz CT molecular complexity index is 654. The van der Waals surface area contributed by atoms with Crippen LogP contribution in [0.3, 0.4) is 0 Å². The second kappa shape index (κ2) is 7.82. The van der Waals surface area contributed by atoms with E-state index in [9.17, 15) is 4.79 Å². The average Bonchev–Trinajstić information content (AvgIpc) is 2.87. The van der Waals surface area contributed by atoms with Crippen LogP contribution in [0.25, 0.3) is 0 Å². The van der Waals surface area contributed by atoms with E-state index in [1.807, 2.05) is 56.9 Å². The average molecular weight is 375 g/mol. The molecule has 0 saturated carbocycles. The topological polar surface area (TPSA) is 57.2 Å². The minimum atomic E-state index is -0.442. The minimum absolute atomic E-state index is 0.00518. The molecule has 2 saturated heterocycles. The molecule has 0 N–H and O–H groups in total. The highest BCUT2D eigenvalue weighted by molar-refractivity contribution is 6.62. The molecule has 1 aromatic carbocycles. The first-order valence-corrected chi connectivity index (χ1v) is 9.61. The Morgan fingerprint density at radius 2 is 1.81 bits per heavy atom. The van der Waals surface area contributed by atoms with Crippen molar-refractivity contribution >= 4 is 18.5 Å². The molecule has 0 unspecified atom stereocenters. The highest BCUT2D eigenvalue weighted by atomic mass is 16.7. The molecule has 0 atom stereocenters. The van der Waals surface area contributed by atoms with E-state index < -0.39 is 18.3 Å². The Morgan fingerprint density at radius 3 is 2.41 bits per heavy atom. The third-order valence-corrected chi connectivity index (χ3v) is 5.87. The number of rotatable bonds is 5. The van der Waals surface area contributed by atoms with Crippen LogP contribution in [0, 0.1) is 0 Å². The molecule has 7 heteroatoms. The molecule has 0 aromatic heterocycles. The fourth-order valence-electron chi connectivity index (χ4n) is 3.31. The highest BCUT2D eigenvalue weighted by Gasteiger charge is 2.51. The molecule has 6 nitrogen and oxygen atoms in total. The van der Waals surface area contributed by atoms with Gasteiger partial charge in [-0.05, 0) is 58.1 Å². The lowest BCUT2D eigenvalue weighted by Gasteiger charge is -2.32. The van der Waals surface area contributed by atoms with Crippen LogP contribution in [0.5, 0.6) is 5.75 Å². The van der Waals surface area contributed by atoms with Crippen LogP contribution in [-0.4, -0.2) is 62.0 Å². The summed E-state index contributed by atoms with van der Waals surface area (Å²) in [6, 6.07) is 7.57. The van der Waals surface area contributed by atoms with Crippen molar-refractivity contribution in [1.82, 2.24) is 4.90 Å². The van der Waals surface area contributed by atoms with Crippen molar-refractivity contribution in [3.63, 3.8) is 0 Å². The van der Waals surface area contributed by atoms with Crippen molar-refractivity contribution in [2.75, 3.05) is 26.8 Å². The molecule has 27 heavy (non-hydrogen) atoms. The van der Waals surface area contributed by atoms with Crippen molar-refractivity contribution in [3.8, 4) is 5.75 Å². The maximum Gasteiger partial charge on any atom is 0.494 e. The van der Waals surface area contributed by atoms with E-state index in [1.54, 1.807) is 7.11 Å². The van der Waals surface area contributed by atoms with Gasteiger partial charge in [0.25, 0.3) is 5.91 Å². The van der Waals surface area contributed by atoms with Crippen LogP contribution in [0.2, 0.25) is 0 Å². The lowest BCUT2D eigenvalue weighted by Crippen LogP contribution is -2.42. The monoisotopic (exact) mass is 375 g/mol. The van der Waals surface area contributed by atoms with Gasteiger partial charge in [0, 0.05) is 20.2 Å². The Hall–Kier alpha value is -1.57. The largest absolute Gasteiger partial charge is 0.494 e. The number of methoxy groups -OCH3 is 1. The summed E-state index contributed by atoms with van der Waals surface area (Å²) in [5.74, 6) is 0.646. The predicted octanol–water partition coefficient (Wildman–Crippen LogP) is 2.00. The maximum atomic E-state index is 12.4. The number of carbonyl (C=O) groups excluding carboxylic acids is 1. The van der Waals surface area contributed by atoms with E-state index in [2.05, 4.69) is 0 Å².